The highest BCUT2D eigenvalue weighted by Crippen LogP contribution is 2.29. The molecule has 23 heavy (non-hydrogen) atoms. The number of benzene rings is 1. The Morgan fingerprint density at radius 1 is 1.43 bits per heavy atom. The molecule has 6 heteroatoms. The van der Waals surface area contributed by atoms with Gasteiger partial charge >= 0.3 is 0 Å². The topological polar surface area (TPSA) is 47.4 Å². The Hall–Kier alpha value is -2.18. The van der Waals surface area contributed by atoms with Crippen molar-refractivity contribution in [3.63, 3.8) is 0 Å². The van der Waals surface area contributed by atoms with E-state index < -0.39 is 0 Å². The summed E-state index contributed by atoms with van der Waals surface area (Å²) < 4.78 is 8.56. The summed E-state index contributed by atoms with van der Waals surface area (Å²) in [6.07, 6.45) is 3.65. The molecule has 0 bridgehead atoms. The lowest BCUT2D eigenvalue weighted by atomic mass is 10.2. The Morgan fingerprint density at radius 3 is 3.13 bits per heavy atom. The quantitative estimate of drug-likeness (QED) is 0.743. The predicted octanol–water partition coefficient (Wildman–Crippen LogP) is 2.94. The average Bonchev–Trinajstić information content (AvgIpc) is 3.20. The molecule has 0 saturated carbocycles. The summed E-state index contributed by atoms with van der Waals surface area (Å²) in [7, 11) is 1.68. The second-order valence-corrected chi connectivity index (χ2v) is 6.82. The summed E-state index contributed by atoms with van der Waals surface area (Å²) in [6.45, 7) is 1.80. The van der Waals surface area contributed by atoms with Gasteiger partial charge in [-0.25, -0.2) is 4.98 Å². The van der Waals surface area contributed by atoms with Gasteiger partial charge in [-0.05, 0) is 17.5 Å². The van der Waals surface area contributed by atoms with Crippen molar-refractivity contribution in [2.45, 2.75) is 12.6 Å². The zero-order valence-electron chi connectivity index (χ0n) is 12.8. The first-order valence-electron chi connectivity index (χ1n) is 7.54. The zero-order chi connectivity index (χ0) is 15.8. The van der Waals surface area contributed by atoms with Crippen LogP contribution in [0, 0.1) is 0 Å². The van der Waals surface area contributed by atoms with Crippen LogP contribution in [0.4, 0.5) is 0 Å². The molecule has 0 unspecified atom stereocenters. The molecule has 0 aliphatic carbocycles. The van der Waals surface area contributed by atoms with E-state index in [4.69, 9.17) is 4.74 Å². The Kier molecular flexibility index (Phi) is 3.63. The fraction of sp³-hybridized carbons (Fsp3) is 0.294. The number of carbonyl (C=O) groups excluding carboxylic acids is 1. The van der Waals surface area contributed by atoms with Gasteiger partial charge in [-0.1, -0.05) is 18.2 Å². The van der Waals surface area contributed by atoms with Crippen LogP contribution in [-0.2, 0) is 11.3 Å². The van der Waals surface area contributed by atoms with Gasteiger partial charge in [0.25, 0.3) is 5.91 Å². The lowest BCUT2D eigenvalue weighted by molar-refractivity contribution is 0.0604. The Balaban J connectivity index is 1.63. The van der Waals surface area contributed by atoms with Crippen molar-refractivity contribution in [1.82, 2.24) is 14.5 Å². The SMILES string of the molecule is COC[C@H]1CN(C(=O)c2cc3ccccc3s2)Cc2cncn21. The fourth-order valence-corrected chi connectivity index (χ4v) is 4.14. The van der Waals surface area contributed by atoms with E-state index in [1.54, 1.807) is 18.4 Å². The van der Waals surface area contributed by atoms with Gasteiger partial charge in [0.05, 0.1) is 36.1 Å². The van der Waals surface area contributed by atoms with Gasteiger partial charge in [-0.15, -0.1) is 11.3 Å². The second-order valence-electron chi connectivity index (χ2n) is 5.74. The molecule has 1 atom stereocenters. The molecule has 0 radical (unpaired) electrons. The van der Waals surface area contributed by atoms with Crippen LogP contribution in [0.3, 0.4) is 0 Å². The number of hydrogen-bond donors (Lipinski definition) is 0. The highest BCUT2D eigenvalue weighted by molar-refractivity contribution is 7.20. The number of aromatic nitrogens is 2. The summed E-state index contributed by atoms with van der Waals surface area (Å²) in [5, 5.41) is 1.12. The Morgan fingerprint density at radius 2 is 2.30 bits per heavy atom. The highest BCUT2D eigenvalue weighted by Gasteiger charge is 2.29. The lowest BCUT2D eigenvalue weighted by Gasteiger charge is -2.33. The van der Waals surface area contributed by atoms with E-state index in [2.05, 4.69) is 15.6 Å². The van der Waals surface area contributed by atoms with Gasteiger partial charge in [0.2, 0.25) is 0 Å². The van der Waals surface area contributed by atoms with Crippen molar-refractivity contribution >= 4 is 27.3 Å². The minimum Gasteiger partial charge on any atom is -0.382 e. The van der Waals surface area contributed by atoms with Gasteiger partial charge in [-0.2, -0.15) is 0 Å². The first-order valence-corrected chi connectivity index (χ1v) is 8.35. The third kappa shape index (κ3) is 2.54. The van der Waals surface area contributed by atoms with Gasteiger partial charge in [0.1, 0.15) is 0 Å². The Bertz CT molecular complexity index is 821. The summed E-state index contributed by atoms with van der Waals surface area (Å²) in [5.41, 5.74) is 1.05. The highest BCUT2D eigenvalue weighted by atomic mass is 32.1. The lowest BCUT2D eigenvalue weighted by Crippen LogP contribution is -2.41. The maximum atomic E-state index is 12.9. The van der Waals surface area contributed by atoms with Crippen molar-refractivity contribution in [2.24, 2.45) is 0 Å². The molecule has 4 rings (SSSR count). The van der Waals surface area contributed by atoms with Crippen molar-refractivity contribution in [3.05, 3.63) is 53.4 Å². The second kappa shape index (κ2) is 5.79. The zero-order valence-corrected chi connectivity index (χ0v) is 13.6. The largest absolute Gasteiger partial charge is 0.382 e. The molecular weight excluding hydrogens is 310 g/mol. The predicted molar refractivity (Wildman–Crippen MR) is 89.7 cm³/mol. The molecule has 5 nitrogen and oxygen atoms in total. The van der Waals surface area contributed by atoms with Crippen LogP contribution in [0.25, 0.3) is 10.1 Å². The maximum Gasteiger partial charge on any atom is 0.264 e. The molecule has 1 aliphatic rings. The normalized spacial score (nSPS) is 17.4. The minimum atomic E-state index is 0.0831. The standard InChI is InChI=1S/C17H17N3O2S/c1-22-10-14-9-19(8-13-7-18-11-20(13)14)17(21)16-6-12-4-2-3-5-15(12)23-16/h2-7,11,14H,8-10H2,1H3/t14-/m1/s1. The van der Waals surface area contributed by atoms with Gasteiger partial charge in [0, 0.05) is 24.6 Å². The number of imidazole rings is 1. The van der Waals surface area contributed by atoms with E-state index in [1.807, 2.05) is 41.7 Å². The summed E-state index contributed by atoms with van der Waals surface area (Å²) >= 11 is 1.55. The molecule has 118 valence electrons. The van der Waals surface area contributed by atoms with E-state index in [-0.39, 0.29) is 11.9 Å². The third-order valence-corrected chi connectivity index (χ3v) is 5.31. The molecule has 0 saturated heterocycles. The van der Waals surface area contributed by atoms with Crippen LogP contribution in [0.5, 0.6) is 0 Å². The number of rotatable bonds is 3. The maximum absolute atomic E-state index is 12.9. The molecule has 0 spiro atoms. The van der Waals surface area contributed by atoms with Crippen molar-refractivity contribution in [2.75, 3.05) is 20.3 Å². The molecule has 1 aromatic carbocycles. The molecule has 0 N–H and O–H groups in total. The molecule has 2 aromatic heterocycles. The van der Waals surface area contributed by atoms with E-state index in [0.29, 0.717) is 19.7 Å². The molecule has 3 heterocycles. The van der Waals surface area contributed by atoms with E-state index in [0.717, 1.165) is 20.7 Å². The first kappa shape index (κ1) is 14.4. The molecule has 1 amide bonds. The van der Waals surface area contributed by atoms with Crippen molar-refractivity contribution < 1.29 is 9.53 Å². The number of carbonyl (C=O) groups is 1. The van der Waals surface area contributed by atoms with E-state index >= 15 is 0 Å². The van der Waals surface area contributed by atoms with E-state index in [1.165, 1.54) is 0 Å². The molecular formula is C17H17N3O2S. The first-order chi connectivity index (χ1) is 11.3. The van der Waals surface area contributed by atoms with Gasteiger partial charge in [0.15, 0.2) is 0 Å². The van der Waals surface area contributed by atoms with Crippen LogP contribution in [0.1, 0.15) is 21.4 Å². The van der Waals surface area contributed by atoms with E-state index in [9.17, 15) is 4.79 Å². The smallest absolute Gasteiger partial charge is 0.264 e. The number of fused-ring (bicyclic) bond motifs is 2. The Labute approximate surface area is 138 Å². The van der Waals surface area contributed by atoms with Crippen LogP contribution < -0.4 is 0 Å². The third-order valence-electron chi connectivity index (χ3n) is 4.21. The average molecular weight is 327 g/mol. The van der Waals surface area contributed by atoms with Crippen LogP contribution >= 0.6 is 11.3 Å². The summed E-state index contributed by atoms with van der Waals surface area (Å²) in [4.78, 5) is 19.8. The number of ether oxygens (including phenoxy) is 1. The van der Waals surface area contributed by atoms with Crippen LogP contribution in [0.15, 0.2) is 42.9 Å². The number of thiophene rings is 1. The minimum absolute atomic E-state index is 0.0831. The molecule has 3 aromatic rings. The van der Waals surface area contributed by atoms with Gasteiger partial charge in [-0.3, -0.25) is 4.79 Å². The number of amides is 1. The summed E-state index contributed by atoms with van der Waals surface area (Å²) in [5.74, 6) is 0.0831. The fourth-order valence-electron chi connectivity index (χ4n) is 3.11. The summed E-state index contributed by atoms with van der Waals surface area (Å²) in [6, 6.07) is 10.2. The molecule has 1 aliphatic heterocycles. The van der Waals surface area contributed by atoms with Crippen LogP contribution in [-0.4, -0.2) is 40.6 Å². The van der Waals surface area contributed by atoms with Crippen LogP contribution in [0.2, 0.25) is 0 Å². The van der Waals surface area contributed by atoms with Crippen molar-refractivity contribution in [1.29, 1.82) is 0 Å². The number of methoxy groups -OCH3 is 1. The van der Waals surface area contributed by atoms with Crippen molar-refractivity contribution in [3.8, 4) is 0 Å². The number of nitrogens with zero attached hydrogens (tertiary/aromatic N) is 3. The van der Waals surface area contributed by atoms with Gasteiger partial charge < -0.3 is 14.2 Å². The monoisotopic (exact) mass is 327 g/mol. The molecule has 0 fully saturated rings. The number of hydrogen-bond acceptors (Lipinski definition) is 4.